The molecule has 18 heavy (non-hydrogen) atoms. The predicted molar refractivity (Wildman–Crippen MR) is 69.6 cm³/mol. The van der Waals surface area contributed by atoms with E-state index < -0.39 is 10.0 Å². The average Bonchev–Trinajstić information content (AvgIpc) is 2.63. The maximum atomic E-state index is 11.9. The Morgan fingerprint density at radius 3 is 2.78 bits per heavy atom. The Morgan fingerprint density at radius 2 is 2.22 bits per heavy atom. The highest BCUT2D eigenvalue weighted by molar-refractivity contribution is 7.91. The van der Waals surface area contributed by atoms with Crippen molar-refractivity contribution in [2.24, 2.45) is 0 Å². The first-order chi connectivity index (χ1) is 8.47. The number of halogens is 1. The zero-order chi connectivity index (χ0) is 13.6. The summed E-state index contributed by atoms with van der Waals surface area (Å²) in [6, 6.07) is 0. The van der Waals surface area contributed by atoms with E-state index in [-0.39, 0.29) is 28.4 Å². The van der Waals surface area contributed by atoms with Crippen LogP contribution in [0, 0.1) is 6.92 Å². The lowest BCUT2D eigenvalue weighted by Gasteiger charge is -2.05. The van der Waals surface area contributed by atoms with Crippen molar-refractivity contribution in [3.63, 3.8) is 0 Å². The number of aromatic nitrogens is 1. The molecule has 1 rings (SSSR count). The summed E-state index contributed by atoms with van der Waals surface area (Å²) in [6.07, 6.45) is 0.533. The van der Waals surface area contributed by atoms with Crippen LogP contribution < -0.4 is 4.72 Å². The quantitative estimate of drug-likeness (QED) is 0.692. The molecule has 0 aliphatic carbocycles. The number of thiazole rings is 1. The standard InChI is InChI=1S/C9H15ClN2O4S2/c1-7-8(17-9(10)12-7)18(14,15)11-3-2-5-16-6-4-13/h11,13H,2-6H2,1H3. The Hall–Kier alpha value is -0.250. The third-order valence-corrected chi connectivity index (χ3v) is 5.30. The van der Waals surface area contributed by atoms with Crippen LogP contribution in [0.4, 0.5) is 0 Å². The molecule has 0 aromatic carbocycles. The maximum Gasteiger partial charge on any atom is 0.251 e. The molecule has 9 heteroatoms. The molecule has 1 aromatic rings. The molecule has 0 saturated heterocycles. The first kappa shape index (κ1) is 15.8. The van der Waals surface area contributed by atoms with Gasteiger partial charge in [0, 0.05) is 13.2 Å². The average molecular weight is 315 g/mol. The topological polar surface area (TPSA) is 88.5 Å². The van der Waals surface area contributed by atoms with Gasteiger partial charge in [-0.3, -0.25) is 0 Å². The van der Waals surface area contributed by atoms with Gasteiger partial charge >= 0.3 is 0 Å². The number of sulfonamides is 1. The van der Waals surface area contributed by atoms with E-state index in [9.17, 15) is 8.42 Å². The van der Waals surface area contributed by atoms with Crippen LogP contribution in [-0.4, -0.2) is 44.9 Å². The number of aliphatic hydroxyl groups is 1. The molecule has 1 heterocycles. The number of hydrogen-bond acceptors (Lipinski definition) is 6. The lowest BCUT2D eigenvalue weighted by molar-refractivity contribution is 0.0913. The number of aryl methyl sites for hydroxylation is 1. The van der Waals surface area contributed by atoms with Crippen molar-refractivity contribution in [3.8, 4) is 0 Å². The van der Waals surface area contributed by atoms with Crippen LogP contribution in [0.1, 0.15) is 12.1 Å². The summed E-state index contributed by atoms with van der Waals surface area (Å²) in [5.41, 5.74) is 0.397. The van der Waals surface area contributed by atoms with Gasteiger partial charge in [-0.05, 0) is 13.3 Å². The molecule has 0 fully saturated rings. The summed E-state index contributed by atoms with van der Waals surface area (Å²) >= 11 is 6.59. The van der Waals surface area contributed by atoms with Gasteiger partial charge in [0.25, 0.3) is 10.0 Å². The van der Waals surface area contributed by atoms with Gasteiger partial charge in [-0.2, -0.15) is 0 Å². The third-order valence-electron chi connectivity index (χ3n) is 1.97. The largest absolute Gasteiger partial charge is 0.394 e. The van der Waals surface area contributed by atoms with Crippen LogP contribution in [-0.2, 0) is 14.8 Å². The molecule has 0 bridgehead atoms. The Kier molecular flexibility index (Phi) is 6.47. The molecular formula is C9H15ClN2O4S2. The molecule has 6 nitrogen and oxygen atoms in total. The zero-order valence-electron chi connectivity index (χ0n) is 9.85. The Labute approximate surface area is 115 Å². The molecule has 0 amide bonds. The van der Waals surface area contributed by atoms with Gasteiger partial charge < -0.3 is 9.84 Å². The highest BCUT2D eigenvalue weighted by atomic mass is 35.5. The molecule has 104 valence electrons. The molecule has 0 saturated carbocycles. The molecular weight excluding hydrogens is 300 g/mol. The van der Waals surface area contributed by atoms with Gasteiger partial charge in [0.2, 0.25) is 0 Å². The van der Waals surface area contributed by atoms with Crippen LogP contribution in [0.2, 0.25) is 4.47 Å². The van der Waals surface area contributed by atoms with Crippen molar-refractivity contribution in [2.75, 3.05) is 26.4 Å². The van der Waals surface area contributed by atoms with E-state index in [1.54, 1.807) is 6.92 Å². The lowest BCUT2D eigenvalue weighted by atomic mass is 10.5. The van der Waals surface area contributed by atoms with E-state index in [4.69, 9.17) is 21.4 Å². The molecule has 0 unspecified atom stereocenters. The second-order valence-corrected chi connectivity index (χ2v) is 6.97. The SMILES string of the molecule is Cc1nc(Cl)sc1S(=O)(=O)NCCCOCCO. The summed E-state index contributed by atoms with van der Waals surface area (Å²) in [6.45, 7) is 2.48. The van der Waals surface area contributed by atoms with Gasteiger partial charge in [0.1, 0.15) is 0 Å². The lowest BCUT2D eigenvalue weighted by Crippen LogP contribution is -2.25. The smallest absolute Gasteiger partial charge is 0.251 e. The Bertz CT molecular complexity index is 475. The Balaban J connectivity index is 2.43. The van der Waals surface area contributed by atoms with E-state index in [2.05, 4.69) is 9.71 Å². The maximum absolute atomic E-state index is 11.9. The number of hydrogen-bond donors (Lipinski definition) is 2. The van der Waals surface area contributed by atoms with Gasteiger partial charge in [0.15, 0.2) is 8.68 Å². The van der Waals surface area contributed by atoms with Gasteiger partial charge in [-0.15, -0.1) is 0 Å². The fraction of sp³-hybridized carbons (Fsp3) is 0.667. The number of aliphatic hydroxyl groups excluding tert-OH is 1. The molecule has 1 aromatic heterocycles. The summed E-state index contributed by atoms with van der Waals surface area (Å²) < 4.78 is 31.6. The van der Waals surface area contributed by atoms with Crippen molar-refractivity contribution in [3.05, 3.63) is 10.2 Å². The number of nitrogens with zero attached hydrogens (tertiary/aromatic N) is 1. The van der Waals surface area contributed by atoms with E-state index in [1.165, 1.54) is 0 Å². The second-order valence-electron chi connectivity index (χ2n) is 3.43. The minimum absolute atomic E-state index is 0.0374. The first-order valence-corrected chi connectivity index (χ1v) is 7.96. The van der Waals surface area contributed by atoms with E-state index >= 15 is 0 Å². The minimum Gasteiger partial charge on any atom is -0.394 e. The molecule has 0 aliphatic heterocycles. The number of nitrogens with one attached hydrogen (secondary N) is 1. The normalized spacial score (nSPS) is 11.9. The molecule has 2 N–H and O–H groups in total. The highest BCUT2D eigenvalue weighted by Crippen LogP contribution is 2.26. The summed E-state index contributed by atoms with van der Waals surface area (Å²) in [5.74, 6) is 0. The molecule has 0 atom stereocenters. The van der Waals surface area contributed by atoms with Crippen LogP contribution in [0.3, 0.4) is 0 Å². The summed E-state index contributed by atoms with van der Waals surface area (Å²) in [7, 11) is -3.55. The van der Waals surface area contributed by atoms with Gasteiger partial charge in [-0.25, -0.2) is 18.1 Å². The summed E-state index contributed by atoms with van der Waals surface area (Å²) in [5, 5.41) is 8.48. The molecule has 0 aliphatic rings. The first-order valence-electron chi connectivity index (χ1n) is 5.28. The van der Waals surface area contributed by atoms with Crippen molar-refractivity contribution < 1.29 is 18.3 Å². The van der Waals surface area contributed by atoms with E-state index in [1.807, 2.05) is 0 Å². The fourth-order valence-corrected chi connectivity index (χ4v) is 4.07. The predicted octanol–water partition coefficient (Wildman–Crippen LogP) is 0.782. The minimum atomic E-state index is -3.55. The fourth-order valence-electron chi connectivity index (χ4n) is 1.21. The monoisotopic (exact) mass is 314 g/mol. The number of rotatable bonds is 8. The van der Waals surface area contributed by atoms with E-state index in [0.717, 1.165) is 11.3 Å². The van der Waals surface area contributed by atoms with Crippen LogP contribution in [0.5, 0.6) is 0 Å². The van der Waals surface area contributed by atoms with Crippen LogP contribution in [0.15, 0.2) is 4.21 Å². The van der Waals surface area contributed by atoms with Crippen molar-refractivity contribution in [2.45, 2.75) is 17.6 Å². The second kappa shape index (κ2) is 7.37. The Morgan fingerprint density at radius 1 is 1.50 bits per heavy atom. The molecule has 0 spiro atoms. The van der Waals surface area contributed by atoms with Gasteiger partial charge in [0.05, 0.1) is 18.9 Å². The third kappa shape index (κ3) is 4.79. The van der Waals surface area contributed by atoms with E-state index in [0.29, 0.717) is 18.7 Å². The summed E-state index contributed by atoms with van der Waals surface area (Å²) in [4.78, 5) is 3.86. The number of ether oxygens (including phenoxy) is 1. The van der Waals surface area contributed by atoms with Gasteiger partial charge in [-0.1, -0.05) is 22.9 Å². The van der Waals surface area contributed by atoms with Crippen molar-refractivity contribution in [1.29, 1.82) is 0 Å². The van der Waals surface area contributed by atoms with Crippen LogP contribution >= 0.6 is 22.9 Å². The highest BCUT2D eigenvalue weighted by Gasteiger charge is 2.20. The van der Waals surface area contributed by atoms with Crippen molar-refractivity contribution >= 4 is 33.0 Å². The van der Waals surface area contributed by atoms with Crippen molar-refractivity contribution in [1.82, 2.24) is 9.71 Å². The van der Waals surface area contributed by atoms with Crippen LogP contribution in [0.25, 0.3) is 0 Å². The molecule has 0 radical (unpaired) electrons. The zero-order valence-corrected chi connectivity index (χ0v) is 12.2.